The molecule has 2 aromatic rings. The number of aliphatic hydroxyl groups is 1. The Morgan fingerprint density at radius 2 is 2.17 bits per heavy atom. The van der Waals surface area contributed by atoms with Gasteiger partial charge in [-0.15, -0.1) is 0 Å². The second-order valence-electron chi connectivity index (χ2n) is 4.63. The molecule has 5 nitrogen and oxygen atoms in total. The number of nitrogens with zero attached hydrogens (tertiary/aromatic N) is 1. The average Bonchev–Trinajstić information content (AvgIpc) is 2.39. The van der Waals surface area contributed by atoms with E-state index < -0.39 is 6.10 Å². The third-order valence-electron chi connectivity index (χ3n) is 3.43. The smallest absolute Gasteiger partial charge is 0.258 e. The van der Waals surface area contributed by atoms with Crippen molar-refractivity contribution in [3.8, 4) is 0 Å². The number of aliphatic hydroxyl groups excluding tert-OH is 1. The van der Waals surface area contributed by atoms with Crippen LogP contribution in [0.3, 0.4) is 0 Å². The second-order valence-corrected chi connectivity index (χ2v) is 4.63. The number of para-hydroxylation sites is 1. The number of H-pyrrole nitrogens is 1. The molecule has 0 radical (unpaired) electrons. The van der Waals surface area contributed by atoms with Gasteiger partial charge in [0.15, 0.2) is 0 Å². The number of benzene rings is 1. The molecule has 2 heterocycles. The lowest BCUT2D eigenvalue weighted by Gasteiger charge is -2.27. The van der Waals surface area contributed by atoms with Crippen LogP contribution in [0.1, 0.15) is 18.2 Å². The van der Waals surface area contributed by atoms with Gasteiger partial charge >= 0.3 is 0 Å². The summed E-state index contributed by atoms with van der Waals surface area (Å²) >= 11 is 0. The van der Waals surface area contributed by atoms with Gasteiger partial charge in [-0.1, -0.05) is 12.1 Å². The maximum absolute atomic E-state index is 12.0. The summed E-state index contributed by atoms with van der Waals surface area (Å²) in [5.41, 5.74) is 0.530. The van der Waals surface area contributed by atoms with Crippen LogP contribution in [0, 0.1) is 0 Å². The van der Waals surface area contributed by atoms with E-state index in [1.165, 1.54) is 0 Å². The predicted molar refractivity (Wildman–Crippen MR) is 68.6 cm³/mol. The van der Waals surface area contributed by atoms with Gasteiger partial charge in [-0.3, -0.25) is 4.79 Å². The van der Waals surface area contributed by atoms with Gasteiger partial charge < -0.3 is 15.4 Å². The third kappa shape index (κ3) is 1.91. The normalized spacial score (nSPS) is 24.3. The largest absolute Gasteiger partial charge is 0.392 e. The highest BCUT2D eigenvalue weighted by molar-refractivity contribution is 5.77. The monoisotopic (exact) mass is 245 g/mol. The fourth-order valence-electron chi connectivity index (χ4n) is 2.40. The Morgan fingerprint density at radius 1 is 1.33 bits per heavy atom. The Labute approximate surface area is 104 Å². The first-order valence-electron chi connectivity index (χ1n) is 6.13. The van der Waals surface area contributed by atoms with Crippen molar-refractivity contribution < 1.29 is 5.11 Å². The summed E-state index contributed by atoms with van der Waals surface area (Å²) in [6.07, 6.45) is 0.233. The van der Waals surface area contributed by atoms with Crippen LogP contribution in [0.25, 0.3) is 10.9 Å². The zero-order valence-electron chi connectivity index (χ0n) is 9.89. The number of hydrogen-bond donors (Lipinski definition) is 3. The molecule has 5 heteroatoms. The van der Waals surface area contributed by atoms with Crippen LogP contribution in [0.2, 0.25) is 0 Å². The Hall–Kier alpha value is -1.72. The molecule has 1 aliphatic rings. The summed E-state index contributed by atoms with van der Waals surface area (Å²) in [7, 11) is 0. The second kappa shape index (κ2) is 4.51. The molecule has 1 saturated heterocycles. The predicted octanol–water partition coefficient (Wildman–Crippen LogP) is 0.361. The molecule has 1 aromatic carbocycles. The number of aromatic nitrogens is 2. The van der Waals surface area contributed by atoms with Crippen LogP contribution in [-0.4, -0.2) is 34.3 Å². The van der Waals surface area contributed by atoms with Crippen LogP contribution in [0.4, 0.5) is 0 Å². The number of hydrogen-bond acceptors (Lipinski definition) is 4. The van der Waals surface area contributed by atoms with Gasteiger partial charge in [-0.05, 0) is 25.1 Å². The van der Waals surface area contributed by atoms with Crippen LogP contribution in [-0.2, 0) is 0 Å². The Balaban J connectivity index is 2.09. The number of fused-ring (bicyclic) bond motifs is 1. The van der Waals surface area contributed by atoms with Crippen molar-refractivity contribution in [1.82, 2.24) is 15.3 Å². The topological polar surface area (TPSA) is 78.0 Å². The van der Waals surface area contributed by atoms with Crippen LogP contribution in [0.15, 0.2) is 29.1 Å². The molecule has 0 spiro atoms. The average molecular weight is 245 g/mol. The van der Waals surface area contributed by atoms with E-state index in [4.69, 9.17) is 0 Å². The van der Waals surface area contributed by atoms with Crippen molar-refractivity contribution in [1.29, 1.82) is 0 Å². The first kappa shape index (κ1) is 11.4. The molecule has 94 valence electrons. The maximum Gasteiger partial charge on any atom is 0.258 e. The van der Waals surface area contributed by atoms with Crippen molar-refractivity contribution in [2.45, 2.75) is 18.4 Å². The molecule has 18 heavy (non-hydrogen) atoms. The minimum atomic E-state index is -0.449. The van der Waals surface area contributed by atoms with E-state index in [9.17, 15) is 9.90 Å². The summed E-state index contributed by atoms with van der Waals surface area (Å²) in [5, 5.41) is 13.8. The molecule has 1 fully saturated rings. The van der Waals surface area contributed by atoms with Crippen molar-refractivity contribution >= 4 is 10.9 Å². The molecular weight excluding hydrogens is 230 g/mol. The van der Waals surface area contributed by atoms with E-state index in [1.54, 1.807) is 6.07 Å². The molecule has 3 rings (SSSR count). The fourth-order valence-corrected chi connectivity index (χ4v) is 2.40. The highest BCUT2D eigenvalue weighted by Gasteiger charge is 2.26. The summed E-state index contributed by atoms with van der Waals surface area (Å²) in [6.45, 7) is 1.44. The molecule has 3 N–H and O–H groups in total. The number of piperidine rings is 1. The molecule has 0 saturated carbocycles. The molecule has 0 aliphatic carbocycles. The number of aromatic amines is 1. The van der Waals surface area contributed by atoms with Gasteiger partial charge in [0.05, 0.1) is 22.9 Å². The van der Waals surface area contributed by atoms with E-state index in [2.05, 4.69) is 15.3 Å². The summed E-state index contributed by atoms with van der Waals surface area (Å²) in [5.74, 6) is 0.425. The lowest BCUT2D eigenvalue weighted by atomic mass is 9.95. The van der Waals surface area contributed by atoms with E-state index in [-0.39, 0.29) is 11.5 Å². The molecule has 0 bridgehead atoms. The van der Waals surface area contributed by atoms with E-state index in [0.29, 0.717) is 29.7 Å². The standard InChI is InChI=1S/C13H15N3O2/c17-11-5-6-14-7-9(11)12-15-10-4-2-1-3-8(10)13(18)16-12/h1-4,9,11,14,17H,5-7H2,(H,15,16,18). The van der Waals surface area contributed by atoms with Gasteiger partial charge in [0.25, 0.3) is 5.56 Å². The lowest BCUT2D eigenvalue weighted by Crippen LogP contribution is -2.39. The fraction of sp³-hybridized carbons (Fsp3) is 0.385. The van der Waals surface area contributed by atoms with Gasteiger partial charge in [-0.2, -0.15) is 0 Å². The number of nitrogens with one attached hydrogen (secondary N) is 2. The van der Waals surface area contributed by atoms with Gasteiger partial charge in [0, 0.05) is 6.54 Å². The Bertz CT molecular complexity index is 623. The number of rotatable bonds is 1. The Morgan fingerprint density at radius 3 is 3.00 bits per heavy atom. The van der Waals surface area contributed by atoms with Crippen molar-refractivity contribution in [2.24, 2.45) is 0 Å². The first-order valence-corrected chi connectivity index (χ1v) is 6.13. The van der Waals surface area contributed by atoms with E-state index >= 15 is 0 Å². The minimum absolute atomic E-state index is 0.143. The minimum Gasteiger partial charge on any atom is -0.392 e. The summed E-state index contributed by atoms with van der Waals surface area (Å²) < 4.78 is 0. The lowest BCUT2D eigenvalue weighted by molar-refractivity contribution is 0.111. The Kier molecular flexibility index (Phi) is 2.85. The molecular formula is C13H15N3O2. The summed E-state index contributed by atoms with van der Waals surface area (Å²) in [4.78, 5) is 19.2. The SMILES string of the molecule is O=c1[nH]c(C2CNCCC2O)nc2ccccc12. The molecule has 1 aliphatic heterocycles. The quantitative estimate of drug-likeness (QED) is 0.678. The highest BCUT2D eigenvalue weighted by atomic mass is 16.3. The van der Waals surface area contributed by atoms with Crippen LogP contribution < -0.4 is 10.9 Å². The highest BCUT2D eigenvalue weighted by Crippen LogP contribution is 2.21. The maximum atomic E-state index is 12.0. The summed E-state index contributed by atoms with van der Waals surface area (Å²) in [6, 6.07) is 7.24. The molecule has 1 aromatic heterocycles. The zero-order chi connectivity index (χ0) is 12.5. The van der Waals surface area contributed by atoms with Gasteiger partial charge in [0.1, 0.15) is 5.82 Å². The van der Waals surface area contributed by atoms with Crippen LogP contribution >= 0.6 is 0 Å². The van der Waals surface area contributed by atoms with Gasteiger partial charge in [0.2, 0.25) is 0 Å². The van der Waals surface area contributed by atoms with Crippen molar-refractivity contribution in [2.75, 3.05) is 13.1 Å². The van der Waals surface area contributed by atoms with Crippen molar-refractivity contribution in [3.05, 3.63) is 40.4 Å². The van der Waals surface area contributed by atoms with E-state index in [0.717, 1.165) is 6.54 Å². The third-order valence-corrected chi connectivity index (χ3v) is 3.43. The first-order chi connectivity index (χ1) is 8.75. The molecule has 2 unspecified atom stereocenters. The van der Waals surface area contributed by atoms with E-state index in [1.807, 2.05) is 18.2 Å². The van der Waals surface area contributed by atoms with Crippen LogP contribution in [0.5, 0.6) is 0 Å². The molecule has 0 amide bonds. The molecule has 2 atom stereocenters. The van der Waals surface area contributed by atoms with Crippen molar-refractivity contribution in [3.63, 3.8) is 0 Å². The zero-order valence-corrected chi connectivity index (χ0v) is 9.89. The van der Waals surface area contributed by atoms with Gasteiger partial charge in [-0.25, -0.2) is 4.98 Å².